The van der Waals surface area contributed by atoms with Gasteiger partial charge in [0.2, 0.25) is 0 Å². The van der Waals surface area contributed by atoms with Gasteiger partial charge in [-0.15, -0.1) is 0 Å². The smallest absolute Gasteiger partial charge is 0.137 e. The van der Waals surface area contributed by atoms with Crippen LogP contribution in [-0.2, 0) is 0 Å². The lowest BCUT2D eigenvalue weighted by Gasteiger charge is -2.22. The van der Waals surface area contributed by atoms with Crippen LogP contribution in [0, 0.1) is 0 Å². The van der Waals surface area contributed by atoms with Crippen molar-refractivity contribution in [1.82, 2.24) is 19.7 Å². The second kappa shape index (κ2) is 5.28. The van der Waals surface area contributed by atoms with Crippen LogP contribution in [0.25, 0.3) is 10.9 Å². The van der Waals surface area contributed by atoms with Crippen molar-refractivity contribution in [2.24, 2.45) is 0 Å². The molecule has 0 saturated carbocycles. The van der Waals surface area contributed by atoms with E-state index in [1.807, 2.05) is 41.2 Å². The fourth-order valence-corrected chi connectivity index (χ4v) is 2.21. The summed E-state index contributed by atoms with van der Waals surface area (Å²) in [6.45, 7) is 4.26. The Kier molecular flexibility index (Phi) is 3.33. The Hall–Kier alpha value is -2.43. The van der Waals surface area contributed by atoms with Crippen molar-refractivity contribution >= 4 is 16.7 Å². The normalized spacial score (nSPS) is 14.1. The van der Waals surface area contributed by atoms with Crippen molar-refractivity contribution in [1.29, 1.82) is 0 Å². The maximum atomic E-state index is 4.36. The minimum Gasteiger partial charge on any atom is -0.365 e. The highest BCUT2D eigenvalue weighted by Crippen LogP contribution is 2.21. The zero-order valence-corrected chi connectivity index (χ0v) is 11.6. The summed E-state index contributed by atoms with van der Waals surface area (Å²) < 4.78 is 1.95. The van der Waals surface area contributed by atoms with E-state index in [0.717, 1.165) is 16.7 Å². The molecule has 2 aromatic heterocycles. The van der Waals surface area contributed by atoms with Gasteiger partial charge in [0, 0.05) is 23.8 Å². The van der Waals surface area contributed by atoms with Gasteiger partial charge >= 0.3 is 0 Å². The molecule has 0 radical (unpaired) electrons. The number of para-hydroxylation sites is 1. The summed E-state index contributed by atoms with van der Waals surface area (Å²) in [4.78, 5) is 8.63. The predicted molar refractivity (Wildman–Crippen MR) is 79.6 cm³/mol. The van der Waals surface area contributed by atoms with Crippen LogP contribution in [0.1, 0.15) is 19.9 Å². The first-order chi connectivity index (χ1) is 9.75. The molecule has 20 heavy (non-hydrogen) atoms. The Bertz CT molecular complexity index is 687. The molecular formula is C15H17N5. The molecule has 102 valence electrons. The summed E-state index contributed by atoms with van der Waals surface area (Å²) in [5.74, 6) is 0.863. The molecule has 3 rings (SSSR count). The second-order valence-electron chi connectivity index (χ2n) is 4.90. The molecule has 2 atom stereocenters. The van der Waals surface area contributed by atoms with E-state index >= 15 is 0 Å². The summed E-state index contributed by atoms with van der Waals surface area (Å²) >= 11 is 0. The molecule has 5 nitrogen and oxygen atoms in total. The van der Waals surface area contributed by atoms with E-state index in [-0.39, 0.29) is 12.1 Å². The van der Waals surface area contributed by atoms with Gasteiger partial charge in [0.15, 0.2) is 0 Å². The number of anilines is 1. The van der Waals surface area contributed by atoms with E-state index in [4.69, 9.17) is 0 Å². The van der Waals surface area contributed by atoms with Crippen molar-refractivity contribution in [2.75, 3.05) is 5.32 Å². The van der Waals surface area contributed by atoms with Crippen LogP contribution in [-0.4, -0.2) is 25.8 Å². The topological polar surface area (TPSA) is 55.6 Å². The molecule has 1 aromatic carbocycles. The van der Waals surface area contributed by atoms with Crippen molar-refractivity contribution in [3.05, 3.63) is 49.1 Å². The van der Waals surface area contributed by atoms with Crippen molar-refractivity contribution in [2.45, 2.75) is 25.9 Å². The first-order valence-corrected chi connectivity index (χ1v) is 6.71. The van der Waals surface area contributed by atoms with E-state index in [1.54, 1.807) is 12.5 Å². The van der Waals surface area contributed by atoms with Gasteiger partial charge in [0.1, 0.15) is 12.1 Å². The molecule has 0 aliphatic carbocycles. The monoisotopic (exact) mass is 267 g/mol. The first kappa shape index (κ1) is 12.6. The van der Waals surface area contributed by atoms with Crippen LogP contribution in [0.2, 0.25) is 0 Å². The molecule has 3 aromatic rings. The van der Waals surface area contributed by atoms with Crippen molar-refractivity contribution in [3.63, 3.8) is 0 Å². The lowest BCUT2D eigenvalue weighted by molar-refractivity contribution is 0.443. The molecule has 5 heteroatoms. The van der Waals surface area contributed by atoms with E-state index in [9.17, 15) is 0 Å². The summed E-state index contributed by atoms with van der Waals surface area (Å²) in [6.07, 6.45) is 5.36. The average molecular weight is 267 g/mol. The highest BCUT2D eigenvalue weighted by molar-refractivity contribution is 5.88. The van der Waals surface area contributed by atoms with E-state index in [0.29, 0.717) is 0 Å². The molecule has 2 heterocycles. The summed E-state index contributed by atoms with van der Waals surface area (Å²) in [6, 6.07) is 10.4. The van der Waals surface area contributed by atoms with Crippen molar-refractivity contribution < 1.29 is 0 Å². The highest BCUT2D eigenvalue weighted by Gasteiger charge is 2.15. The van der Waals surface area contributed by atoms with Gasteiger partial charge in [-0.2, -0.15) is 5.10 Å². The van der Waals surface area contributed by atoms with Crippen LogP contribution in [0.15, 0.2) is 49.1 Å². The molecule has 0 saturated heterocycles. The number of hydrogen-bond acceptors (Lipinski definition) is 4. The quantitative estimate of drug-likeness (QED) is 0.789. The second-order valence-corrected chi connectivity index (χ2v) is 4.90. The number of nitrogens with zero attached hydrogens (tertiary/aromatic N) is 4. The minimum absolute atomic E-state index is 0.202. The summed E-state index contributed by atoms with van der Waals surface area (Å²) in [5.41, 5.74) is 0.948. The van der Waals surface area contributed by atoms with Gasteiger partial charge in [0.05, 0.1) is 11.6 Å². The maximum Gasteiger partial charge on any atom is 0.137 e. The number of hydrogen-bond donors (Lipinski definition) is 1. The van der Waals surface area contributed by atoms with Crippen LogP contribution in [0.4, 0.5) is 5.82 Å². The maximum absolute atomic E-state index is 4.36. The molecule has 0 spiro atoms. The lowest BCUT2D eigenvalue weighted by Crippen LogP contribution is -2.27. The van der Waals surface area contributed by atoms with Gasteiger partial charge < -0.3 is 5.32 Å². The molecule has 0 aliphatic heterocycles. The molecule has 0 amide bonds. The Labute approximate surface area is 117 Å². The molecule has 2 unspecified atom stereocenters. The molecular weight excluding hydrogens is 250 g/mol. The third-order valence-electron chi connectivity index (χ3n) is 3.57. The van der Waals surface area contributed by atoms with Crippen LogP contribution in [0.3, 0.4) is 0 Å². The SMILES string of the molecule is CC(Nc1ncnc2ccccc12)C(C)n1cccn1. The number of rotatable bonds is 4. The third-order valence-corrected chi connectivity index (χ3v) is 3.57. The van der Waals surface area contributed by atoms with Crippen LogP contribution >= 0.6 is 0 Å². The summed E-state index contributed by atoms with van der Waals surface area (Å²) in [7, 11) is 0. The molecule has 0 aliphatic rings. The number of aromatic nitrogens is 4. The zero-order chi connectivity index (χ0) is 13.9. The zero-order valence-electron chi connectivity index (χ0n) is 11.6. The third kappa shape index (κ3) is 2.34. The molecule has 0 bridgehead atoms. The fraction of sp³-hybridized carbons (Fsp3) is 0.267. The Morgan fingerprint density at radius 1 is 1.10 bits per heavy atom. The Morgan fingerprint density at radius 2 is 1.95 bits per heavy atom. The van der Waals surface area contributed by atoms with Crippen molar-refractivity contribution in [3.8, 4) is 0 Å². The predicted octanol–water partition coefficient (Wildman–Crippen LogP) is 2.89. The number of nitrogens with one attached hydrogen (secondary N) is 1. The Morgan fingerprint density at radius 3 is 2.75 bits per heavy atom. The Balaban J connectivity index is 1.86. The molecule has 0 fully saturated rings. The number of fused-ring (bicyclic) bond motifs is 1. The van der Waals surface area contributed by atoms with E-state index in [2.05, 4.69) is 34.2 Å². The first-order valence-electron chi connectivity index (χ1n) is 6.71. The fourth-order valence-electron chi connectivity index (χ4n) is 2.21. The minimum atomic E-state index is 0.202. The van der Waals surface area contributed by atoms with Gasteiger partial charge in [-0.3, -0.25) is 4.68 Å². The largest absolute Gasteiger partial charge is 0.365 e. The average Bonchev–Trinajstić information content (AvgIpc) is 3.01. The summed E-state index contributed by atoms with van der Waals surface area (Å²) in [5, 5.41) is 8.78. The van der Waals surface area contributed by atoms with Gasteiger partial charge in [0.25, 0.3) is 0 Å². The van der Waals surface area contributed by atoms with Gasteiger partial charge in [-0.1, -0.05) is 12.1 Å². The van der Waals surface area contributed by atoms with Crippen LogP contribution in [0.5, 0.6) is 0 Å². The van der Waals surface area contributed by atoms with Gasteiger partial charge in [-0.05, 0) is 32.0 Å². The molecule has 1 N–H and O–H groups in total. The van der Waals surface area contributed by atoms with E-state index in [1.165, 1.54) is 0 Å². The highest BCUT2D eigenvalue weighted by atomic mass is 15.3. The number of benzene rings is 1. The lowest BCUT2D eigenvalue weighted by atomic mass is 10.1. The van der Waals surface area contributed by atoms with Crippen LogP contribution < -0.4 is 5.32 Å². The van der Waals surface area contributed by atoms with E-state index < -0.39 is 0 Å². The standard InChI is InChI=1S/C15H17N5/c1-11(12(2)20-9-5-8-18-20)19-15-13-6-3-4-7-14(13)16-10-17-15/h3-12H,1-2H3,(H,16,17,19). The van der Waals surface area contributed by atoms with Gasteiger partial charge in [-0.25, -0.2) is 9.97 Å².